The third-order valence-corrected chi connectivity index (χ3v) is 3.17. The van der Waals surface area contributed by atoms with Gasteiger partial charge >= 0.3 is 0 Å². The molecule has 2 aromatic rings. The molecule has 2 heterocycles. The highest BCUT2D eigenvalue weighted by Gasteiger charge is 2.08. The van der Waals surface area contributed by atoms with Crippen molar-refractivity contribution in [1.29, 1.82) is 0 Å². The monoisotopic (exact) mass is 260 g/mol. The van der Waals surface area contributed by atoms with Gasteiger partial charge < -0.3 is 15.2 Å². The Morgan fingerprint density at radius 2 is 2.26 bits per heavy atom. The third kappa shape index (κ3) is 3.12. The van der Waals surface area contributed by atoms with Gasteiger partial charge in [-0.2, -0.15) is 0 Å². The van der Waals surface area contributed by atoms with E-state index in [2.05, 4.69) is 32.4 Å². The Morgan fingerprint density at radius 3 is 3.00 bits per heavy atom. The number of amides is 1. The summed E-state index contributed by atoms with van der Waals surface area (Å²) in [6.07, 6.45) is 5.29. The van der Waals surface area contributed by atoms with Gasteiger partial charge in [0.05, 0.1) is 0 Å². The molecule has 2 aromatic heterocycles. The van der Waals surface area contributed by atoms with E-state index in [0.717, 1.165) is 25.2 Å². The fraction of sp³-hybridized carbons (Fsp3) is 0.429. The first-order valence-corrected chi connectivity index (χ1v) is 6.54. The second kappa shape index (κ2) is 6.33. The van der Waals surface area contributed by atoms with Crippen LogP contribution in [0.4, 0.5) is 0 Å². The molecule has 2 rings (SSSR count). The highest BCUT2D eigenvalue weighted by atomic mass is 16.1. The summed E-state index contributed by atoms with van der Waals surface area (Å²) in [6.45, 7) is 1.63. The number of hydrogen-bond donors (Lipinski definition) is 2. The van der Waals surface area contributed by atoms with Crippen molar-refractivity contribution < 1.29 is 4.79 Å². The van der Waals surface area contributed by atoms with E-state index in [0.29, 0.717) is 6.42 Å². The van der Waals surface area contributed by atoms with Gasteiger partial charge in [0.2, 0.25) is 5.91 Å². The molecule has 19 heavy (non-hydrogen) atoms. The van der Waals surface area contributed by atoms with E-state index in [1.165, 1.54) is 10.9 Å². The molecule has 0 aliphatic rings. The van der Waals surface area contributed by atoms with Crippen LogP contribution in [-0.4, -0.2) is 29.6 Å². The molecule has 5 nitrogen and oxygen atoms in total. The lowest BCUT2D eigenvalue weighted by Crippen LogP contribution is -2.17. The first-order chi connectivity index (χ1) is 9.26. The minimum absolute atomic E-state index is 0.0832. The SMILES string of the molecule is CNCc1cn(CCCC(=O)NC)c2ncccc12. The van der Waals surface area contributed by atoms with Gasteiger partial charge in [-0.1, -0.05) is 0 Å². The molecule has 0 bridgehead atoms. The minimum Gasteiger partial charge on any atom is -0.359 e. The number of nitrogens with one attached hydrogen (secondary N) is 2. The summed E-state index contributed by atoms with van der Waals surface area (Å²) in [4.78, 5) is 15.7. The summed E-state index contributed by atoms with van der Waals surface area (Å²) in [7, 11) is 3.60. The maximum atomic E-state index is 11.2. The Morgan fingerprint density at radius 1 is 1.42 bits per heavy atom. The van der Waals surface area contributed by atoms with Crippen molar-refractivity contribution in [2.75, 3.05) is 14.1 Å². The molecule has 5 heteroatoms. The molecule has 0 spiro atoms. The fourth-order valence-corrected chi connectivity index (χ4v) is 2.23. The second-order valence-electron chi connectivity index (χ2n) is 4.53. The van der Waals surface area contributed by atoms with E-state index in [9.17, 15) is 4.79 Å². The van der Waals surface area contributed by atoms with Crippen LogP contribution in [0.2, 0.25) is 0 Å². The number of hydrogen-bond acceptors (Lipinski definition) is 3. The zero-order chi connectivity index (χ0) is 13.7. The van der Waals surface area contributed by atoms with Crippen molar-refractivity contribution in [3.63, 3.8) is 0 Å². The van der Waals surface area contributed by atoms with Crippen LogP contribution in [0.15, 0.2) is 24.5 Å². The molecule has 0 atom stereocenters. The van der Waals surface area contributed by atoms with Gasteiger partial charge in [0.15, 0.2) is 0 Å². The van der Waals surface area contributed by atoms with Crippen LogP contribution in [0.5, 0.6) is 0 Å². The molecule has 0 unspecified atom stereocenters. The summed E-state index contributed by atoms with van der Waals surface area (Å²) in [5.41, 5.74) is 2.23. The van der Waals surface area contributed by atoms with Crippen LogP contribution < -0.4 is 10.6 Å². The molecule has 0 radical (unpaired) electrons. The number of aromatic nitrogens is 2. The van der Waals surface area contributed by atoms with Crippen LogP contribution in [0, 0.1) is 0 Å². The Kier molecular flexibility index (Phi) is 4.52. The summed E-state index contributed by atoms with van der Waals surface area (Å²) >= 11 is 0. The van der Waals surface area contributed by atoms with E-state index in [1.807, 2.05) is 13.1 Å². The van der Waals surface area contributed by atoms with E-state index < -0.39 is 0 Å². The highest BCUT2D eigenvalue weighted by Crippen LogP contribution is 2.19. The van der Waals surface area contributed by atoms with E-state index in [4.69, 9.17) is 0 Å². The number of aryl methyl sites for hydroxylation is 1. The van der Waals surface area contributed by atoms with Crippen molar-refractivity contribution in [2.45, 2.75) is 25.9 Å². The molecule has 2 N–H and O–H groups in total. The average Bonchev–Trinajstić information content (AvgIpc) is 2.78. The van der Waals surface area contributed by atoms with Crippen LogP contribution in [0.1, 0.15) is 18.4 Å². The Bertz CT molecular complexity index is 562. The lowest BCUT2D eigenvalue weighted by molar-refractivity contribution is -0.120. The lowest BCUT2D eigenvalue weighted by Gasteiger charge is -2.03. The Balaban J connectivity index is 2.16. The van der Waals surface area contributed by atoms with E-state index in [-0.39, 0.29) is 5.91 Å². The molecular weight excluding hydrogens is 240 g/mol. The van der Waals surface area contributed by atoms with E-state index in [1.54, 1.807) is 13.2 Å². The standard InChI is InChI=1S/C14H20N4O/c1-15-9-11-10-18(8-4-6-13(19)16-2)14-12(11)5-3-7-17-14/h3,5,7,10,15H,4,6,8-9H2,1-2H3,(H,16,19). The number of carbonyl (C=O) groups excluding carboxylic acids is 1. The largest absolute Gasteiger partial charge is 0.359 e. The van der Waals surface area contributed by atoms with Gasteiger partial charge in [-0.3, -0.25) is 4.79 Å². The predicted octanol–water partition coefficient (Wildman–Crippen LogP) is 1.28. The van der Waals surface area contributed by atoms with Crippen LogP contribution in [-0.2, 0) is 17.9 Å². The predicted molar refractivity (Wildman–Crippen MR) is 75.8 cm³/mol. The Hall–Kier alpha value is -1.88. The van der Waals surface area contributed by atoms with Crippen molar-refractivity contribution in [1.82, 2.24) is 20.2 Å². The first-order valence-electron chi connectivity index (χ1n) is 6.54. The van der Waals surface area contributed by atoms with Crippen LogP contribution in [0.25, 0.3) is 11.0 Å². The van der Waals surface area contributed by atoms with Crippen molar-refractivity contribution >= 4 is 16.9 Å². The molecule has 0 aliphatic heterocycles. The number of fused-ring (bicyclic) bond motifs is 1. The maximum Gasteiger partial charge on any atom is 0.219 e. The Labute approximate surface area is 113 Å². The van der Waals surface area contributed by atoms with Gasteiger partial charge in [-0.15, -0.1) is 0 Å². The van der Waals surface area contributed by atoms with Gasteiger partial charge in [0.1, 0.15) is 5.65 Å². The zero-order valence-corrected chi connectivity index (χ0v) is 11.4. The lowest BCUT2D eigenvalue weighted by atomic mass is 10.2. The van der Waals surface area contributed by atoms with Gasteiger partial charge in [0, 0.05) is 44.3 Å². The molecule has 0 saturated heterocycles. The molecule has 0 saturated carbocycles. The van der Waals surface area contributed by atoms with Crippen LogP contribution >= 0.6 is 0 Å². The molecule has 0 aliphatic carbocycles. The van der Waals surface area contributed by atoms with Crippen molar-refractivity contribution in [3.8, 4) is 0 Å². The first kappa shape index (κ1) is 13.5. The quantitative estimate of drug-likeness (QED) is 0.822. The summed E-state index contributed by atoms with van der Waals surface area (Å²) in [5, 5.41) is 6.99. The maximum absolute atomic E-state index is 11.2. The third-order valence-electron chi connectivity index (χ3n) is 3.17. The average molecular weight is 260 g/mol. The fourth-order valence-electron chi connectivity index (χ4n) is 2.23. The highest BCUT2D eigenvalue weighted by molar-refractivity contribution is 5.80. The smallest absolute Gasteiger partial charge is 0.219 e. The summed E-state index contributed by atoms with van der Waals surface area (Å²) in [5.74, 6) is 0.0832. The molecule has 102 valence electrons. The number of rotatable bonds is 6. The number of carbonyl (C=O) groups is 1. The van der Waals surface area contributed by atoms with Gasteiger partial charge in [-0.05, 0) is 31.2 Å². The van der Waals surface area contributed by atoms with E-state index >= 15 is 0 Å². The number of pyridine rings is 1. The molecule has 0 aromatic carbocycles. The summed E-state index contributed by atoms with van der Waals surface area (Å²) < 4.78 is 2.13. The summed E-state index contributed by atoms with van der Waals surface area (Å²) in [6, 6.07) is 4.04. The minimum atomic E-state index is 0.0832. The zero-order valence-electron chi connectivity index (χ0n) is 11.4. The topological polar surface area (TPSA) is 59.0 Å². The van der Waals surface area contributed by atoms with Gasteiger partial charge in [-0.25, -0.2) is 4.98 Å². The molecule has 1 amide bonds. The van der Waals surface area contributed by atoms with Gasteiger partial charge in [0.25, 0.3) is 0 Å². The molecular formula is C14H20N4O. The van der Waals surface area contributed by atoms with Crippen molar-refractivity contribution in [3.05, 3.63) is 30.1 Å². The normalized spacial score (nSPS) is 10.8. The molecule has 0 fully saturated rings. The van der Waals surface area contributed by atoms with Crippen LogP contribution in [0.3, 0.4) is 0 Å². The second-order valence-corrected chi connectivity index (χ2v) is 4.53. The number of nitrogens with zero attached hydrogens (tertiary/aromatic N) is 2. The van der Waals surface area contributed by atoms with Crippen molar-refractivity contribution in [2.24, 2.45) is 0 Å².